The van der Waals surface area contributed by atoms with Crippen LogP contribution in [-0.4, -0.2) is 61.7 Å². The van der Waals surface area contributed by atoms with Crippen LogP contribution >= 0.6 is 0 Å². The number of rotatable bonds is 5. The number of hydrogen-bond acceptors (Lipinski definition) is 4. The largest absolute Gasteiger partial charge is 0.389 e. The molecule has 2 aliphatic rings. The summed E-state index contributed by atoms with van der Waals surface area (Å²) in [5.41, 5.74) is 0. The van der Waals surface area contributed by atoms with Crippen LogP contribution in [0.2, 0.25) is 0 Å². The zero-order valence-corrected chi connectivity index (χ0v) is 12.4. The Morgan fingerprint density at radius 2 is 2.00 bits per heavy atom. The maximum absolute atomic E-state index is 10.1. The summed E-state index contributed by atoms with van der Waals surface area (Å²) in [4.78, 5) is 2.25. The van der Waals surface area contributed by atoms with Crippen molar-refractivity contribution < 1.29 is 14.6 Å². The molecular formula is C15H29NO3. The predicted molar refractivity (Wildman–Crippen MR) is 75.2 cm³/mol. The van der Waals surface area contributed by atoms with Crippen molar-refractivity contribution in [1.82, 2.24) is 4.90 Å². The Kier molecular flexibility index (Phi) is 6.07. The van der Waals surface area contributed by atoms with Gasteiger partial charge < -0.3 is 14.6 Å². The van der Waals surface area contributed by atoms with Gasteiger partial charge in [-0.1, -0.05) is 26.7 Å². The van der Waals surface area contributed by atoms with Gasteiger partial charge in [-0.25, -0.2) is 0 Å². The summed E-state index contributed by atoms with van der Waals surface area (Å²) >= 11 is 0. The summed E-state index contributed by atoms with van der Waals surface area (Å²) in [5, 5.41) is 10.1. The first-order valence-corrected chi connectivity index (χ1v) is 7.76. The fraction of sp³-hybridized carbons (Fsp3) is 1.00. The summed E-state index contributed by atoms with van der Waals surface area (Å²) in [6, 6.07) is 0. The molecule has 3 unspecified atom stereocenters. The minimum Gasteiger partial charge on any atom is -0.389 e. The highest BCUT2D eigenvalue weighted by Gasteiger charge is 2.28. The molecule has 2 fully saturated rings. The van der Waals surface area contributed by atoms with Gasteiger partial charge in [0.2, 0.25) is 0 Å². The van der Waals surface area contributed by atoms with Crippen LogP contribution in [0.1, 0.15) is 33.1 Å². The van der Waals surface area contributed by atoms with Gasteiger partial charge in [0.15, 0.2) is 0 Å². The van der Waals surface area contributed by atoms with Crippen LogP contribution in [0, 0.1) is 11.8 Å². The van der Waals surface area contributed by atoms with Crippen LogP contribution in [0.15, 0.2) is 0 Å². The third-order valence-electron chi connectivity index (χ3n) is 4.71. The van der Waals surface area contributed by atoms with E-state index in [1.165, 1.54) is 12.8 Å². The number of morpholine rings is 1. The molecule has 1 aliphatic carbocycles. The molecule has 1 saturated carbocycles. The molecule has 4 heteroatoms. The van der Waals surface area contributed by atoms with Gasteiger partial charge >= 0.3 is 0 Å². The van der Waals surface area contributed by atoms with E-state index in [-0.39, 0.29) is 6.10 Å². The fourth-order valence-electron chi connectivity index (χ4n) is 3.14. The van der Waals surface area contributed by atoms with E-state index < -0.39 is 0 Å². The fourth-order valence-corrected chi connectivity index (χ4v) is 3.14. The summed E-state index contributed by atoms with van der Waals surface area (Å²) in [6.07, 6.45) is 3.69. The molecule has 0 aromatic carbocycles. The van der Waals surface area contributed by atoms with Crippen molar-refractivity contribution in [2.24, 2.45) is 11.8 Å². The first-order valence-electron chi connectivity index (χ1n) is 7.76. The normalized spacial score (nSPS) is 35.2. The lowest BCUT2D eigenvalue weighted by molar-refractivity contribution is -0.0694. The third-order valence-corrected chi connectivity index (χ3v) is 4.71. The quantitative estimate of drug-likeness (QED) is 0.823. The van der Waals surface area contributed by atoms with Gasteiger partial charge in [-0.2, -0.15) is 0 Å². The monoisotopic (exact) mass is 271 g/mol. The van der Waals surface area contributed by atoms with Crippen molar-refractivity contribution >= 4 is 0 Å². The van der Waals surface area contributed by atoms with E-state index in [1.807, 2.05) is 0 Å². The number of nitrogens with zero attached hydrogens (tertiary/aromatic N) is 1. The van der Waals surface area contributed by atoms with Gasteiger partial charge in [-0.15, -0.1) is 0 Å². The molecule has 4 atom stereocenters. The average Bonchev–Trinajstić information content (AvgIpc) is 2.42. The van der Waals surface area contributed by atoms with Crippen LogP contribution in [0.5, 0.6) is 0 Å². The van der Waals surface area contributed by atoms with E-state index in [0.29, 0.717) is 25.2 Å². The molecule has 1 N–H and O–H groups in total. The second kappa shape index (κ2) is 7.58. The molecule has 0 amide bonds. The lowest BCUT2D eigenvalue weighted by Gasteiger charge is -2.35. The van der Waals surface area contributed by atoms with Gasteiger partial charge in [-0.3, -0.25) is 4.90 Å². The summed E-state index contributed by atoms with van der Waals surface area (Å²) in [7, 11) is 0. The topological polar surface area (TPSA) is 41.9 Å². The smallest absolute Gasteiger partial charge is 0.0900 e. The van der Waals surface area contributed by atoms with Crippen molar-refractivity contribution in [3.05, 3.63) is 0 Å². The SMILES string of the molecule is CC1CCCC(OC[C@@H](O)CN2CCOCC2)C1C. The zero-order chi connectivity index (χ0) is 13.7. The van der Waals surface area contributed by atoms with Crippen LogP contribution < -0.4 is 0 Å². The van der Waals surface area contributed by atoms with Crippen molar-refractivity contribution in [3.8, 4) is 0 Å². The molecule has 1 saturated heterocycles. The molecule has 112 valence electrons. The van der Waals surface area contributed by atoms with Gasteiger partial charge in [-0.05, 0) is 18.3 Å². The van der Waals surface area contributed by atoms with Crippen molar-refractivity contribution in [2.75, 3.05) is 39.5 Å². The Morgan fingerprint density at radius 1 is 1.26 bits per heavy atom. The first kappa shape index (κ1) is 15.2. The van der Waals surface area contributed by atoms with Gasteiger partial charge in [0.25, 0.3) is 0 Å². The minimum absolute atomic E-state index is 0.336. The molecule has 0 radical (unpaired) electrons. The lowest BCUT2D eigenvalue weighted by atomic mass is 9.79. The molecule has 4 nitrogen and oxygen atoms in total. The number of aliphatic hydroxyl groups is 1. The Labute approximate surface area is 117 Å². The number of hydrogen-bond donors (Lipinski definition) is 1. The van der Waals surface area contributed by atoms with Crippen molar-refractivity contribution in [2.45, 2.75) is 45.3 Å². The summed E-state index contributed by atoms with van der Waals surface area (Å²) < 4.78 is 11.3. The molecule has 1 aliphatic heterocycles. The van der Waals surface area contributed by atoms with Crippen LogP contribution in [0.4, 0.5) is 0 Å². The molecule has 1 heterocycles. The third kappa shape index (κ3) is 4.71. The second-order valence-electron chi connectivity index (χ2n) is 6.21. The molecule has 0 bridgehead atoms. The molecule has 19 heavy (non-hydrogen) atoms. The van der Waals surface area contributed by atoms with Gasteiger partial charge in [0.05, 0.1) is 32.0 Å². The second-order valence-corrected chi connectivity index (χ2v) is 6.21. The number of β-amino-alcohol motifs (C(OH)–C–C–N with tert-alkyl or cyclic N) is 1. The Balaban J connectivity index is 1.66. The highest BCUT2D eigenvalue weighted by Crippen LogP contribution is 2.31. The average molecular weight is 271 g/mol. The van der Waals surface area contributed by atoms with Crippen LogP contribution in [0.3, 0.4) is 0 Å². The molecule has 0 spiro atoms. The van der Waals surface area contributed by atoms with E-state index in [9.17, 15) is 5.11 Å². The Hall–Kier alpha value is -0.160. The van der Waals surface area contributed by atoms with E-state index in [1.54, 1.807) is 0 Å². The lowest BCUT2D eigenvalue weighted by Crippen LogP contribution is -2.43. The molecular weight excluding hydrogens is 242 g/mol. The Morgan fingerprint density at radius 3 is 2.74 bits per heavy atom. The summed E-state index contributed by atoms with van der Waals surface area (Å²) in [5.74, 6) is 1.36. The number of ether oxygens (including phenoxy) is 2. The first-order chi connectivity index (χ1) is 9.16. The maximum Gasteiger partial charge on any atom is 0.0900 e. The zero-order valence-electron chi connectivity index (χ0n) is 12.4. The minimum atomic E-state index is -0.373. The van der Waals surface area contributed by atoms with Gasteiger partial charge in [0.1, 0.15) is 0 Å². The maximum atomic E-state index is 10.1. The van der Waals surface area contributed by atoms with Crippen LogP contribution in [0.25, 0.3) is 0 Å². The van der Waals surface area contributed by atoms with E-state index in [2.05, 4.69) is 18.7 Å². The molecule has 2 rings (SSSR count). The van der Waals surface area contributed by atoms with Crippen molar-refractivity contribution in [1.29, 1.82) is 0 Å². The van der Waals surface area contributed by atoms with Crippen molar-refractivity contribution in [3.63, 3.8) is 0 Å². The molecule has 0 aromatic rings. The summed E-state index contributed by atoms with van der Waals surface area (Å²) in [6.45, 7) is 9.18. The Bertz CT molecular complexity index is 256. The standard InChI is InChI=1S/C15H29NO3/c1-12-4-3-5-15(13(12)2)19-11-14(17)10-16-6-8-18-9-7-16/h12-15,17H,3-11H2,1-2H3/t12?,13?,14-,15?/m0/s1. The number of aliphatic hydroxyl groups excluding tert-OH is 1. The highest BCUT2D eigenvalue weighted by molar-refractivity contribution is 4.78. The van der Waals surface area contributed by atoms with E-state index in [4.69, 9.17) is 9.47 Å². The van der Waals surface area contributed by atoms with Crippen LogP contribution in [-0.2, 0) is 9.47 Å². The highest BCUT2D eigenvalue weighted by atomic mass is 16.5. The van der Waals surface area contributed by atoms with E-state index >= 15 is 0 Å². The van der Waals surface area contributed by atoms with Gasteiger partial charge in [0, 0.05) is 19.6 Å². The molecule has 0 aromatic heterocycles. The van der Waals surface area contributed by atoms with E-state index in [0.717, 1.165) is 38.6 Å². The predicted octanol–water partition coefficient (Wildman–Crippen LogP) is 1.52.